The molecule has 1 heterocycles. The highest BCUT2D eigenvalue weighted by Gasteiger charge is 2.60. The molecule has 0 bridgehead atoms. The zero-order valence-electron chi connectivity index (χ0n) is 21.1. The van der Waals surface area contributed by atoms with Crippen LogP contribution in [0.3, 0.4) is 0 Å². The molecule has 3 heteroatoms. The van der Waals surface area contributed by atoms with E-state index >= 15 is 0 Å². The summed E-state index contributed by atoms with van der Waals surface area (Å²) in [4.78, 5) is 12.8. The van der Waals surface area contributed by atoms with Crippen LogP contribution >= 0.6 is 0 Å². The maximum atomic E-state index is 12.8. The van der Waals surface area contributed by atoms with E-state index in [2.05, 4.69) is 39.0 Å². The molecule has 1 spiro atoms. The van der Waals surface area contributed by atoms with Crippen LogP contribution < -0.4 is 0 Å². The van der Waals surface area contributed by atoms with E-state index in [1.54, 1.807) is 5.57 Å². The summed E-state index contributed by atoms with van der Waals surface area (Å²) in [7, 11) is 0. The Bertz CT molecular complexity index is 934. The Morgan fingerprint density at radius 1 is 1.06 bits per heavy atom. The van der Waals surface area contributed by atoms with Gasteiger partial charge in [-0.15, -0.1) is 0 Å². The van der Waals surface area contributed by atoms with Crippen molar-refractivity contribution in [3.05, 3.63) is 34.9 Å². The molecule has 7 atom stereocenters. The molecule has 0 N–H and O–H groups in total. The van der Waals surface area contributed by atoms with Crippen LogP contribution in [0.15, 0.2) is 34.9 Å². The molecular weight excluding hydrogens is 408 g/mol. The van der Waals surface area contributed by atoms with Crippen LogP contribution in [0.2, 0.25) is 0 Å². The van der Waals surface area contributed by atoms with E-state index in [4.69, 9.17) is 9.47 Å². The first-order valence-electron chi connectivity index (χ1n) is 13.6. The summed E-state index contributed by atoms with van der Waals surface area (Å²) < 4.78 is 12.3. The number of ether oxygens (including phenoxy) is 2. The smallest absolute Gasteiger partial charge is 0.169 e. The van der Waals surface area contributed by atoms with Gasteiger partial charge in [-0.25, -0.2) is 0 Å². The van der Waals surface area contributed by atoms with E-state index in [0.717, 1.165) is 45.3 Å². The molecule has 180 valence electrons. The molecule has 1 aliphatic heterocycles. The number of carbonyl (C=O) groups is 1. The summed E-state index contributed by atoms with van der Waals surface area (Å²) in [5.74, 6) is 2.88. The Kier molecular flexibility index (Phi) is 5.17. The monoisotopic (exact) mass is 450 g/mol. The second-order valence-electron chi connectivity index (χ2n) is 12.8. The second kappa shape index (κ2) is 7.65. The first kappa shape index (κ1) is 22.3. The van der Waals surface area contributed by atoms with Gasteiger partial charge in [-0.3, -0.25) is 4.79 Å². The summed E-state index contributed by atoms with van der Waals surface area (Å²) in [6.07, 6.45) is 17.7. The molecule has 6 rings (SSSR count). The van der Waals surface area contributed by atoms with Gasteiger partial charge in [0.05, 0.1) is 13.2 Å². The van der Waals surface area contributed by atoms with Crippen LogP contribution in [0, 0.1) is 40.4 Å². The van der Waals surface area contributed by atoms with Crippen molar-refractivity contribution in [3.63, 3.8) is 0 Å². The molecule has 4 fully saturated rings. The number of hydrogen-bond acceptors (Lipinski definition) is 3. The van der Waals surface area contributed by atoms with Crippen molar-refractivity contribution in [1.29, 1.82) is 0 Å². The molecule has 6 aliphatic rings. The first-order chi connectivity index (χ1) is 15.7. The fraction of sp³-hybridized carbons (Fsp3) is 0.767. The van der Waals surface area contributed by atoms with Gasteiger partial charge in [-0.2, -0.15) is 0 Å². The molecule has 0 radical (unpaired) electrons. The predicted octanol–water partition coefficient (Wildman–Crippen LogP) is 6.79. The minimum Gasteiger partial charge on any atom is -0.348 e. The van der Waals surface area contributed by atoms with Crippen LogP contribution in [0.1, 0.15) is 85.5 Å². The Morgan fingerprint density at radius 3 is 2.55 bits per heavy atom. The van der Waals surface area contributed by atoms with Gasteiger partial charge >= 0.3 is 0 Å². The summed E-state index contributed by atoms with van der Waals surface area (Å²) in [6, 6.07) is 0. The van der Waals surface area contributed by atoms with Crippen molar-refractivity contribution in [2.75, 3.05) is 13.2 Å². The SMILES string of the molecule is CC(=O)C1CCC2C3CCC4CC5(CCC4=C3C(C3(C)C=CC(C)=CC3)CC12C)OCCO5. The number of ketones is 1. The molecule has 33 heavy (non-hydrogen) atoms. The van der Waals surface area contributed by atoms with Gasteiger partial charge in [0.2, 0.25) is 0 Å². The van der Waals surface area contributed by atoms with Gasteiger partial charge in [0.25, 0.3) is 0 Å². The highest BCUT2D eigenvalue weighted by molar-refractivity contribution is 5.79. The highest BCUT2D eigenvalue weighted by atomic mass is 16.7. The molecule has 5 aliphatic carbocycles. The third-order valence-electron chi connectivity index (χ3n) is 11.0. The van der Waals surface area contributed by atoms with Crippen molar-refractivity contribution in [1.82, 2.24) is 0 Å². The lowest BCUT2D eigenvalue weighted by Gasteiger charge is -2.57. The van der Waals surface area contributed by atoms with Gasteiger partial charge in [0.15, 0.2) is 5.79 Å². The van der Waals surface area contributed by atoms with E-state index in [-0.39, 0.29) is 22.5 Å². The van der Waals surface area contributed by atoms with E-state index in [1.807, 2.05) is 12.5 Å². The molecule has 3 nitrogen and oxygen atoms in total. The number of Topliss-reactive ketones (excluding diaryl/α,β-unsaturated/α-hetero) is 1. The zero-order chi connectivity index (χ0) is 23.0. The van der Waals surface area contributed by atoms with Crippen molar-refractivity contribution in [3.8, 4) is 0 Å². The number of allylic oxidation sites excluding steroid dienone is 6. The number of rotatable bonds is 2. The largest absolute Gasteiger partial charge is 0.348 e. The maximum absolute atomic E-state index is 12.8. The van der Waals surface area contributed by atoms with E-state index in [0.29, 0.717) is 29.5 Å². The van der Waals surface area contributed by atoms with Crippen molar-refractivity contribution in [2.24, 2.45) is 40.4 Å². The third kappa shape index (κ3) is 3.32. The average molecular weight is 451 g/mol. The molecule has 7 unspecified atom stereocenters. The summed E-state index contributed by atoms with van der Waals surface area (Å²) >= 11 is 0. The Hall–Kier alpha value is -1.19. The van der Waals surface area contributed by atoms with E-state index in [1.165, 1.54) is 31.3 Å². The first-order valence-corrected chi connectivity index (χ1v) is 13.6. The van der Waals surface area contributed by atoms with Crippen LogP contribution in [-0.2, 0) is 14.3 Å². The minimum atomic E-state index is -0.304. The number of hydrogen-bond donors (Lipinski definition) is 0. The van der Waals surface area contributed by atoms with Gasteiger partial charge in [0.1, 0.15) is 5.78 Å². The lowest BCUT2D eigenvalue weighted by Crippen LogP contribution is -2.50. The highest BCUT2D eigenvalue weighted by Crippen LogP contribution is 2.67. The van der Waals surface area contributed by atoms with E-state index < -0.39 is 0 Å². The zero-order valence-corrected chi connectivity index (χ0v) is 21.1. The third-order valence-corrected chi connectivity index (χ3v) is 11.0. The van der Waals surface area contributed by atoms with Crippen molar-refractivity contribution in [2.45, 2.75) is 91.3 Å². The standard InChI is InChI=1S/C30H42O3/c1-19-9-12-28(3,13-10-19)26-18-29(4)24(20(2)31)7-8-25(29)23-6-5-21-17-30(32-15-16-33-30)14-11-22(21)27(23)26/h9-10,12,21,23-26H,5-8,11,13-18H2,1-4H3. The van der Waals surface area contributed by atoms with E-state index in [9.17, 15) is 4.79 Å². The van der Waals surface area contributed by atoms with Gasteiger partial charge < -0.3 is 9.47 Å². The lowest BCUT2D eigenvalue weighted by atomic mass is 9.47. The van der Waals surface area contributed by atoms with Crippen molar-refractivity contribution >= 4 is 5.78 Å². The Morgan fingerprint density at radius 2 is 1.85 bits per heavy atom. The topological polar surface area (TPSA) is 35.5 Å². The van der Waals surface area contributed by atoms with Crippen LogP contribution in [0.25, 0.3) is 0 Å². The lowest BCUT2D eigenvalue weighted by molar-refractivity contribution is -0.181. The van der Waals surface area contributed by atoms with Crippen LogP contribution in [0.5, 0.6) is 0 Å². The van der Waals surface area contributed by atoms with Crippen molar-refractivity contribution < 1.29 is 14.3 Å². The molecule has 0 aromatic carbocycles. The quantitative estimate of drug-likeness (QED) is 0.435. The molecule has 0 amide bonds. The van der Waals surface area contributed by atoms with Crippen LogP contribution in [0.4, 0.5) is 0 Å². The normalized spacial score (nSPS) is 46.1. The van der Waals surface area contributed by atoms with Gasteiger partial charge in [-0.1, -0.05) is 48.8 Å². The molecule has 0 aromatic heterocycles. The summed E-state index contributed by atoms with van der Waals surface area (Å²) in [5, 5.41) is 0. The van der Waals surface area contributed by atoms with Crippen LogP contribution in [-0.4, -0.2) is 24.8 Å². The average Bonchev–Trinajstić information content (AvgIpc) is 3.39. The molecular formula is C30H42O3. The summed E-state index contributed by atoms with van der Waals surface area (Å²) in [5.41, 5.74) is 5.29. The Labute approximate surface area is 200 Å². The number of fused-ring (bicyclic) bond motifs is 4. The van der Waals surface area contributed by atoms with Gasteiger partial charge in [-0.05, 0) is 93.3 Å². The second-order valence-corrected chi connectivity index (χ2v) is 12.8. The molecule has 1 saturated heterocycles. The van der Waals surface area contributed by atoms with Gasteiger partial charge in [0, 0.05) is 18.8 Å². The number of carbonyl (C=O) groups excluding carboxylic acids is 1. The fourth-order valence-corrected chi connectivity index (χ4v) is 9.34. The predicted molar refractivity (Wildman–Crippen MR) is 130 cm³/mol. The molecule has 3 saturated carbocycles. The minimum absolute atomic E-state index is 0.148. The molecule has 0 aromatic rings. The summed E-state index contributed by atoms with van der Waals surface area (Å²) in [6.45, 7) is 10.6. The Balaban J connectivity index is 1.44. The fourth-order valence-electron chi connectivity index (χ4n) is 9.34. The maximum Gasteiger partial charge on any atom is 0.169 e.